The van der Waals surface area contributed by atoms with Gasteiger partial charge in [-0.2, -0.15) is 0 Å². The summed E-state index contributed by atoms with van der Waals surface area (Å²) in [6, 6.07) is 14.0. The van der Waals surface area contributed by atoms with E-state index in [1.807, 2.05) is 35.9 Å². The SMILES string of the molecule is COc1ccc(-c2nnc(SCCOc3ccc(C(=O)O)cc3)n2C)cc1. The van der Waals surface area contributed by atoms with Crippen molar-refractivity contribution >= 4 is 17.7 Å². The van der Waals surface area contributed by atoms with E-state index in [-0.39, 0.29) is 5.56 Å². The fourth-order valence-electron chi connectivity index (χ4n) is 2.42. The number of aromatic nitrogens is 3. The lowest BCUT2D eigenvalue weighted by molar-refractivity contribution is 0.0697. The first-order valence-corrected chi connectivity index (χ1v) is 9.20. The van der Waals surface area contributed by atoms with E-state index in [1.165, 1.54) is 12.1 Å². The van der Waals surface area contributed by atoms with Gasteiger partial charge < -0.3 is 19.1 Å². The molecular weight excluding hydrogens is 366 g/mol. The topological polar surface area (TPSA) is 86.5 Å². The van der Waals surface area contributed by atoms with Gasteiger partial charge in [-0.1, -0.05) is 11.8 Å². The molecule has 0 amide bonds. The van der Waals surface area contributed by atoms with Gasteiger partial charge >= 0.3 is 5.97 Å². The maximum atomic E-state index is 10.8. The standard InChI is InChI=1S/C19H19N3O4S/c1-22-17(13-3-7-15(25-2)8-4-13)20-21-19(22)27-12-11-26-16-9-5-14(6-10-16)18(23)24/h3-10H,11-12H2,1-2H3,(H,23,24). The van der Waals surface area contributed by atoms with Crippen molar-refractivity contribution in [1.82, 2.24) is 14.8 Å². The molecule has 140 valence electrons. The summed E-state index contributed by atoms with van der Waals surface area (Å²) in [5.41, 5.74) is 1.20. The summed E-state index contributed by atoms with van der Waals surface area (Å²) in [6.45, 7) is 0.474. The van der Waals surface area contributed by atoms with Crippen LogP contribution in [0.15, 0.2) is 53.7 Å². The Morgan fingerprint density at radius 2 is 1.74 bits per heavy atom. The highest BCUT2D eigenvalue weighted by atomic mass is 32.2. The second kappa shape index (κ2) is 8.59. The van der Waals surface area contributed by atoms with Crippen LogP contribution >= 0.6 is 11.8 Å². The molecule has 0 fully saturated rings. The molecule has 0 aliphatic carbocycles. The maximum absolute atomic E-state index is 10.8. The number of hydrogen-bond acceptors (Lipinski definition) is 6. The number of carbonyl (C=O) groups is 1. The van der Waals surface area contributed by atoms with Gasteiger partial charge in [0.05, 0.1) is 19.3 Å². The lowest BCUT2D eigenvalue weighted by Crippen LogP contribution is -2.02. The molecule has 1 aromatic heterocycles. The Morgan fingerprint density at radius 1 is 1.07 bits per heavy atom. The Labute approximate surface area is 161 Å². The molecule has 27 heavy (non-hydrogen) atoms. The van der Waals surface area contributed by atoms with Crippen LogP contribution in [0.4, 0.5) is 0 Å². The Hall–Kier alpha value is -3.00. The summed E-state index contributed by atoms with van der Waals surface area (Å²) in [7, 11) is 3.56. The molecule has 3 aromatic rings. The van der Waals surface area contributed by atoms with E-state index in [0.29, 0.717) is 18.1 Å². The number of methoxy groups -OCH3 is 1. The smallest absolute Gasteiger partial charge is 0.335 e. The molecule has 2 aromatic carbocycles. The molecule has 1 N–H and O–H groups in total. The van der Waals surface area contributed by atoms with Crippen molar-refractivity contribution in [2.45, 2.75) is 5.16 Å². The van der Waals surface area contributed by atoms with Crippen molar-refractivity contribution in [2.75, 3.05) is 19.5 Å². The number of benzene rings is 2. The van der Waals surface area contributed by atoms with Gasteiger partial charge in [-0.3, -0.25) is 0 Å². The summed E-state index contributed by atoms with van der Waals surface area (Å²) in [6.07, 6.45) is 0. The first kappa shape index (κ1) is 18.8. The Bertz CT molecular complexity index is 908. The number of carboxylic acids is 1. The number of thioether (sulfide) groups is 1. The maximum Gasteiger partial charge on any atom is 0.335 e. The van der Waals surface area contributed by atoms with Crippen LogP contribution in [0.5, 0.6) is 11.5 Å². The summed E-state index contributed by atoms with van der Waals surface area (Å²) in [5, 5.41) is 18.2. The molecule has 3 rings (SSSR count). The van der Waals surface area contributed by atoms with Gasteiger partial charge in [0.2, 0.25) is 0 Å². The van der Waals surface area contributed by atoms with E-state index < -0.39 is 5.97 Å². The van der Waals surface area contributed by atoms with E-state index >= 15 is 0 Å². The Kier molecular flexibility index (Phi) is 5.97. The minimum Gasteiger partial charge on any atom is -0.497 e. The third-order valence-electron chi connectivity index (χ3n) is 3.87. The molecule has 0 radical (unpaired) electrons. The van der Waals surface area contributed by atoms with Crippen molar-refractivity contribution in [3.05, 3.63) is 54.1 Å². The molecule has 0 aliphatic heterocycles. The highest BCUT2D eigenvalue weighted by Crippen LogP contribution is 2.24. The molecular formula is C19H19N3O4S. The van der Waals surface area contributed by atoms with Crippen LogP contribution in [0, 0.1) is 0 Å². The van der Waals surface area contributed by atoms with E-state index in [9.17, 15) is 4.79 Å². The van der Waals surface area contributed by atoms with E-state index in [1.54, 1.807) is 31.0 Å². The summed E-state index contributed by atoms with van der Waals surface area (Å²) in [5.74, 6) is 1.95. The average Bonchev–Trinajstić information content (AvgIpc) is 3.06. The monoisotopic (exact) mass is 385 g/mol. The number of ether oxygens (including phenoxy) is 2. The highest BCUT2D eigenvalue weighted by molar-refractivity contribution is 7.99. The molecule has 0 aliphatic rings. The van der Waals surface area contributed by atoms with Crippen LogP contribution in [-0.2, 0) is 7.05 Å². The number of aromatic carboxylic acids is 1. The largest absolute Gasteiger partial charge is 0.497 e. The van der Waals surface area contributed by atoms with Gasteiger partial charge in [0.1, 0.15) is 11.5 Å². The molecule has 0 saturated heterocycles. The van der Waals surface area contributed by atoms with Crippen molar-refractivity contribution in [2.24, 2.45) is 7.05 Å². The van der Waals surface area contributed by atoms with Crippen molar-refractivity contribution in [3.8, 4) is 22.9 Å². The number of carboxylic acid groups (broad SMARTS) is 1. The molecule has 0 atom stereocenters. The number of hydrogen-bond donors (Lipinski definition) is 1. The molecule has 0 saturated carbocycles. The number of rotatable bonds is 8. The molecule has 0 bridgehead atoms. The molecule has 0 spiro atoms. The number of nitrogens with zero attached hydrogens (tertiary/aromatic N) is 3. The minimum atomic E-state index is -0.952. The van der Waals surface area contributed by atoms with Crippen LogP contribution in [0.25, 0.3) is 11.4 Å². The summed E-state index contributed by atoms with van der Waals surface area (Å²) in [4.78, 5) is 10.8. The van der Waals surface area contributed by atoms with Gasteiger partial charge in [-0.15, -0.1) is 10.2 Å². The second-order valence-electron chi connectivity index (χ2n) is 5.62. The zero-order valence-electron chi connectivity index (χ0n) is 15.0. The predicted octanol–water partition coefficient (Wildman–Crippen LogP) is 3.36. The van der Waals surface area contributed by atoms with Crippen LogP contribution in [-0.4, -0.2) is 45.3 Å². The van der Waals surface area contributed by atoms with Crippen LogP contribution in [0.3, 0.4) is 0 Å². The molecule has 8 heteroatoms. The fourth-order valence-corrected chi connectivity index (χ4v) is 3.15. The second-order valence-corrected chi connectivity index (χ2v) is 6.68. The van der Waals surface area contributed by atoms with Crippen LogP contribution < -0.4 is 9.47 Å². The first-order chi connectivity index (χ1) is 13.1. The third-order valence-corrected chi connectivity index (χ3v) is 4.85. The van der Waals surface area contributed by atoms with Crippen molar-refractivity contribution in [3.63, 3.8) is 0 Å². The van der Waals surface area contributed by atoms with Gasteiger partial charge in [0, 0.05) is 18.4 Å². The normalized spacial score (nSPS) is 10.6. The zero-order valence-corrected chi connectivity index (χ0v) is 15.8. The van der Waals surface area contributed by atoms with Crippen molar-refractivity contribution < 1.29 is 19.4 Å². The molecule has 1 heterocycles. The van der Waals surface area contributed by atoms with Gasteiger partial charge in [-0.05, 0) is 48.5 Å². The first-order valence-electron chi connectivity index (χ1n) is 8.21. The third kappa shape index (κ3) is 4.59. The Balaban J connectivity index is 1.54. The fraction of sp³-hybridized carbons (Fsp3) is 0.211. The molecule has 7 nitrogen and oxygen atoms in total. The lowest BCUT2D eigenvalue weighted by Gasteiger charge is -2.07. The zero-order chi connectivity index (χ0) is 19.2. The molecule has 0 unspecified atom stereocenters. The van der Waals surface area contributed by atoms with Gasteiger partial charge in [0.15, 0.2) is 11.0 Å². The highest BCUT2D eigenvalue weighted by Gasteiger charge is 2.11. The van der Waals surface area contributed by atoms with Crippen molar-refractivity contribution in [1.29, 1.82) is 0 Å². The minimum absolute atomic E-state index is 0.238. The Morgan fingerprint density at radius 3 is 2.37 bits per heavy atom. The quantitative estimate of drug-likeness (QED) is 0.470. The van der Waals surface area contributed by atoms with E-state index in [0.717, 1.165) is 22.3 Å². The van der Waals surface area contributed by atoms with Crippen LogP contribution in [0.2, 0.25) is 0 Å². The summed E-state index contributed by atoms with van der Waals surface area (Å²) >= 11 is 1.54. The summed E-state index contributed by atoms with van der Waals surface area (Å²) < 4.78 is 12.7. The van der Waals surface area contributed by atoms with E-state index in [4.69, 9.17) is 14.6 Å². The van der Waals surface area contributed by atoms with E-state index in [2.05, 4.69) is 10.2 Å². The average molecular weight is 385 g/mol. The van der Waals surface area contributed by atoms with Gasteiger partial charge in [-0.25, -0.2) is 4.79 Å². The van der Waals surface area contributed by atoms with Crippen LogP contribution in [0.1, 0.15) is 10.4 Å². The van der Waals surface area contributed by atoms with Gasteiger partial charge in [0.25, 0.3) is 0 Å². The predicted molar refractivity (Wildman–Crippen MR) is 103 cm³/mol. The lowest BCUT2D eigenvalue weighted by atomic mass is 10.2.